The maximum atomic E-state index is 4.54. The first-order valence-electron chi connectivity index (χ1n) is 8.09. The molecule has 3 rings (SSSR count). The van der Waals surface area contributed by atoms with E-state index in [9.17, 15) is 0 Å². The van der Waals surface area contributed by atoms with Gasteiger partial charge in [-0.2, -0.15) is 10.1 Å². The highest BCUT2D eigenvalue weighted by Gasteiger charge is 2.14. The van der Waals surface area contributed by atoms with Gasteiger partial charge in [-0.1, -0.05) is 49.6 Å². The average Bonchev–Trinajstić information content (AvgIpc) is 2.57. The molecule has 2 N–H and O–H groups in total. The fraction of sp³-hybridized carbons (Fsp3) is 0.471. The molecule has 1 fully saturated rings. The van der Waals surface area contributed by atoms with E-state index in [0.717, 1.165) is 5.82 Å². The molecule has 22 heavy (non-hydrogen) atoms. The van der Waals surface area contributed by atoms with Crippen LogP contribution >= 0.6 is 0 Å². The summed E-state index contributed by atoms with van der Waals surface area (Å²) in [7, 11) is 0. The Morgan fingerprint density at radius 3 is 2.64 bits per heavy atom. The molecule has 1 aliphatic carbocycles. The van der Waals surface area contributed by atoms with E-state index >= 15 is 0 Å². The van der Waals surface area contributed by atoms with Crippen molar-refractivity contribution in [3.8, 4) is 0 Å². The third-order valence-corrected chi connectivity index (χ3v) is 4.16. The summed E-state index contributed by atoms with van der Waals surface area (Å²) in [5.74, 6) is 1.38. The number of nitrogens with zero attached hydrogens (tertiary/aromatic N) is 3. The van der Waals surface area contributed by atoms with Crippen LogP contribution in [0.3, 0.4) is 0 Å². The van der Waals surface area contributed by atoms with Crippen LogP contribution in [0.15, 0.2) is 36.5 Å². The van der Waals surface area contributed by atoms with E-state index < -0.39 is 0 Å². The van der Waals surface area contributed by atoms with Crippen molar-refractivity contribution in [2.75, 3.05) is 10.6 Å². The van der Waals surface area contributed by atoms with Crippen LogP contribution in [0.2, 0.25) is 0 Å². The Bertz CT molecular complexity index is 581. The summed E-state index contributed by atoms with van der Waals surface area (Å²) in [6, 6.07) is 11.0. The molecule has 0 bridgehead atoms. The first kappa shape index (κ1) is 14.8. The molecule has 0 amide bonds. The van der Waals surface area contributed by atoms with Crippen molar-refractivity contribution in [2.45, 2.75) is 51.1 Å². The Labute approximate surface area is 131 Å². The quantitative estimate of drug-likeness (QED) is 0.879. The summed E-state index contributed by atoms with van der Waals surface area (Å²) in [4.78, 5) is 4.54. The molecule has 5 heteroatoms. The molecule has 1 aliphatic rings. The molecule has 0 spiro atoms. The summed E-state index contributed by atoms with van der Waals surface area (Å²) in [6.45, 7) is 2.12. The Hall–Kier alpha value is -2.17. The van der Waals surface area contributed by atoms with E-state index in [-0.39, 0.29) is 6.04 Å². The highest BCUT2D eigenvalue weighted by atomic mass is 15.3. The highest BCUT2D eigenvalue weighted by molar-refractivity contribution is 5.40. The molecule has 116 valence electrons. The number of benzene rings is 1. The van der Waals surface area contributed by atoms with Gasteiger partial charge in [0, 0.05) is 12.1 Å². The second-order valence-corrected chi connectivity index (χ2v) is 5.92. The molecule has 5 nitrogen and oxygen atoms in total. The molecular formula is C17H23N5. The molecule has 1 unspecified atom stereocenters. The van der Waals surface area contributed by atoms with Gasteiger partial charge >= 0.3 is 0 Å². The molecule has 1 aromatic heterocycles. The zero-order valence-corrected chi connectivity index (χ0v) is 13.0. The number of rotatable bonds is 5. The summed E-state index contributed by atoms with van der Waals surface area (Å²) in [5, 5.41) is 15.0. The molecular weight excluding hydrogens is 274 g/mol. The summed E-state index contributed by atoms with van der Waals surface area (Å²) >= 11 is 0. The lowest BCUT2D eigenvalue weighted by atomic mass is 9.96. The van der Waals surface area contributed by atoms with Gasteiger partial charge in [-0.3, -0.25) is 0 Å². The van der Waals surface area contributed by atoms with Gasteiger partial charge < -0.3 is 10.6 Å². The summed E-state index contributed by atoms with van der Waals surface area (Å²) in [5.41, 5.74) is 1.22. The lowest BCUT2D eigenvalue weighted by molar-refractivity contribution is 0.460. The normalized spacial score (nSPS) is 17.0. The topological polar surface area (TPSA) is 62.7 Å². The van der Waals surface area contributed by atoms with E-state index in [1.807, 2.05) is 18.2 Å². The van der Waals surface area contributed by atoms with Crippen LogP contribution in [0.5, 0.6) is 0 Å². The minimum atomic E-state index is 0.181. The van der Waals surface area contributed by atoms with Crippen molar-refractivity contribution in [3.63, 3.8) is 0 Å². The third-order valence-electron chi connectivity index (χ3n) is 4.16. The maximum Gasteiger partial charge on any atom is 0.244 e. The van der Waals surface area contributed by atoms with Crippen molar-refractivity contribution in [1.82, 2.24) is 15.2 Å². The fourth-order valence-corrected chi connectivity index (χ4v) is 2.91. The second-order valence-electron chi connectivity index (χ2n) is 5.92. The fourth-order valence-electron chi connectivity index (χ4n) is 2.91. The second kappa shape index (κ2) is 7.20. The molecule has 1 heterocycles. The van der Waals surface area contributed by atoms with E-state index in [4.69, 9.17) is 0 Å². The zero-order valence-electron chi connectivity index (χ0n) is 13.0. The standard InChI is InChI=1S/C17H23N5/c1-13(14-8-4-2-5-9-14)19-16-12-18-22-17(21-16)20-15-10-6-3-7-11-15/h2,4-5,8-9,12-13,15H,3,6-7,10-11H2,1H3,(H2,19,20,21,22). The smallest absolute Gasteiger partial charge is 0.244 e. The van der Waals surface area contributed by atoms with Crippen LogP contribution in [0, 0.1) is 0 Å². The number of hydrogen-bond acceptors (Lipinski definition) is 5. The van der Waals surface area contributed by atoms with E-state index in [1.54, 1.807) is 6.20 Å². The maximum absolute atomic E-state index is 4.54. The van der Waals surface area contributed by atoms with E-state index in [0.29, 0.717) is 12.0 Å². The first-order valence-corrected chi connectivity index (χ1v) is 8.09. The van der Waals surface area contributed by atoms with Gasteiger partial charge in [0.2, 0.25) is 5.95 Å². The molecule has 0 radical (unpaired) electrons. The molecule has 2 aromatic rings. The average molecular weight is 297 g/mol. The minimum absolute atomic E-state index is 0.181. The van der Waals surface area contributed by atoms with Crippen molar-refractivity contribution in [1.29, 1.82) is 0 Å². The molecule has 0 aliphatic heterocycles. The number of hydrogen-bond donors (Lipinski definition) is 2. The predicted molar refractivity (Wildman–Crippen MR) is 88.8 cm³/mol. The van der Waals surface area contributed by atoms with Gasteiger partial charge in [0.25, 0.3) is 0 Å². The Morgan fingerprint density at radius 2 is 1.86 bits per heavy atom. The highest BCUT2D eigenvalue weighted by Crippen LogP contribution is 2.21. The van der Waals surface area contributed by atoms with Crippen LogP contribution in [-0.4, -0.2) is 21.2 Å². The van der Waals surface area contributed by atoms with Gasteiger partial charge in [-0.05, 0) is 25.3 Å². The number of aromatic nitrogens is 3. The van der Waals surface area contributed by atoms with Crippen molar-refractivity contribution >= 4 is 11.8 Å². The largest absolute Gasteiger partial charge is 0.362 e. The zero-order chi connectivity index (χ0) is 15.2. The van der Waals surface area contributed by atoms with Crippen molar-refractivity contribution < 1.29 is 0 Å². The molecule has 1 atom stereocenters. The van der Waals surface area contributed by atoms with Gasteiger partial charge in [0.05, 0.1) is 6.20 Å². The van der Waals surface area contributed by atoms with Gasteiger partial charge in [-0.25, -0.2) is 0 Å². The molecule has 0 saturated heterocycles. The van der Waals surface area contributed by atoms with Crippen molar-refractivity contribution in [2.24, 2.45) is 0 Å². The van der Waals surface area contributed by atoms with Crippen LogP contribution in [-0.2, 0) is 0 Å². The minimum Gasteiger partial charge on any atom is -0.362 e. The molecule has 1 aromatic carbocycles. The lowest BCUT2D eigenvalue weighted by Gasteiger charge is -2.22. The van der Waals surface area contributed by atoms with E-state index in [2.05, 4.69) is 44.9 Å². The van der Waals surface area contributed by atoms with E-state index in [1.165, 1.54) is 37.7 Å². The number of nitrogens with one attached hydrogen (secondary N) is 2. The predicted octanol–water partition coefficient (Wildman–Crippen LogP) is 3.79. The summed E-state index contributed by atoms with van der Waals surface area (Å²) < 4.78 is 0. The van der Waals surface area contributed by atoms with Crippen LogP contribution in [0.1, 0.15) is 50.6 Å². The first-order chi connectivity index (χ1) is 10.8. The van der Waals surface area contributed by atoms with Crippen LogP contribution in [0.25, 0.3) is 0 Å². The van der Waals surface area contributed by atoms with Crippen LogP contribution < -0.4 is 10.6 Å². The van der Waals surface area contributed by atoms with Gasteiger partial charge in [0.15, 0.2) is 5.82 Å². The van der Waals surface area contributed by atoms with Gasteiger partial charge in [0.1, 0.15) is 0 Å². The number of anilines is 2. The van der Waals surface area contributed by atoms with Crippen LogP contribution in [0.4, 0.5) is 11.8 Å². The van der Waals surface area contributed by atoms with Crippen molar-refractivity contribution in [3.05, 3.63) is 42.1 Å². The van der Waals surface area contributed by atoms with Gasteiger partial charge in [-0.15, -0.1) is 5.10 Å². The Balaban J connectivity index is 1.63. The summed E-state index contributed by atoms with van der Waals surface area (Å²) in [6.07, 6.45) is 7.98. The third kappa shape index (κ3) is 3.93. The monoisotopic (exact) mass is 297 g/mol. The molecule has 1 saturated carbocycles. The Morgan fingerprint density at radius 1 is 1.09 bits per heavy atom. The SMILES string of the molecule is CC(Nc1cnnc(NC2CCCCC2)n1)c1ccccc1. The lowest BCUT2D eigenvalue weighted by Crippen LogP contribution is -2.24. The Kier molecular flexibility index (Phi) is 4.83.